The van der Waals surface area contributed by atoms with Gasteiger partial charge in [0.2, 0.25) is 0 Å². The van der Waals surface area contributed by atoms with Crippen molar-refractivity contribution in [1.82, 2.24) is 9.55 Å². The second-order valence-corrected chi connectivity index (χ2v) is 6.31. The van der Waals surface area contributed by atoms with Gasteiger partial charge in [-0.1, -0.05) is 0 Å². The van der Waals surface area contributed by atoms with Crippen LogP contribution in [-0.2, 0) is 6.42 Å². The maximum Gasteiger partial charge on any atom is 0.251 e. The highest BCUT2D eigenvalue weighted by molar-refractivity contribution is 7.21. The van der Waals surface area contributed by atoms with Crippen molar-refractivity contribution in [2.75, 3.05) is 5.73 Å². The van der Waals surface area contributed by atoms with E-state index >= 15 is 0 Å². The van der Waals surface area contributed by atoms with E-state index in [-0.39, 0.29) is 0 Å². The molecule has 3 rings (SSSR count). The van der Waals surface area contributed by atoms with Gasteiger partial charge in [-0.25, -0.2) is 4.98 Å². The first-order valence-corrected chi connectivity index (χ1v) is 7.85. The largest absolute Gasteiger partial charge is 0.383 e. The molecule has 6 nitrogen and oxygen atoms in total. The number of hydrogen-bond acceptors (Lipinski definition) is 5. The number of pyridine rings is 1. The summed E-state index contributed by atoms with van der Waals surface area (Å²) in [4.78, 5) is 15.6. The molecule has 3 aromatic rings. The van der Waals surface area contributed by atoms with Crippen LogP contribution < -0.4 is 11.5 Å². The number of nitrogens with two attached hydrogens (primary N) is 2. The van der Waals surface area contributed by atoms with Crippen LogP contribution in [0.2, 0.25) is 0 Å². The number of carbonyl (C=O) groups is 1. The number of aryl methyl sites for hydroxylation is 2. The molecule has 0 atom stereocenters. The van der Waals surface area contributed by atoms with Crippen LogP contribution in [0.15, 0.2) is 24.7 Å². The Bertz CT molecular complexity index is 947. The molecule has 0 bridgehead atoms. The normalized spacial score (nSPS) is 10.8. The van der Waals surface area contributed by atoms with Gasteiger partial charge in [0, 0.05) is 30.4 Å². The number of rotatable bonds is 4. The minimum absolute atomic E-state index is 0.374. The number of nitriles is 1. The molecule has 3 aromatic heterocycles. The zero-order valence-electron chi connectivity index (χ0n) is 12.5. The van der Waals surface area contributed by atoms with E-state index in [4.69, 9.17) is 16.7 Å². The summed E-state index contributed by atoms with van der Waals surface area (Å²) in [5, 5.41) is 10.4. The van der Waals surface area contributed by atoms with Crippen LogP contribution in [0.4, 0.5) is 5.82 Å². The van der Waals surface area contributed by atoms with Gasteiger partial charge in [-0.05, 0) is 30.5 Å². The second-order valence-electron chi connectivity index (χ2n) is 5.28. The molecule has 116 valence electrons. The van der Waals surface area contributed by atoms with Crippen molar-refractivity contribution in [2.24, 2.45) is 5.73 Å². The monoisotopic (exact) mass is 325 g/mol. The van der Waals surface area contributed by atoms with Crippen molar-refractivity contribution in [1.29, 1.82) is 5.26 Å². The molecular formula is C16H15N5OS. The minimum Gasteiger partial charge on any atom is -0.383 e. The van der Waals surface area contributed by atoms with Crippen LogP contribution in [0.25, 0.3) is 15.1 Å². The summed E-state index contributed by atoms with van der Waals surface area (Å²) in [6, 6.07) is 4.06. The molecule has 3 heterocycles. The Labute approximate surface area is 137 Å². The highest BCUT2D eigenvalue weighted by Crippen LogP contribution is 2.34. The van der Waals surface area contributed by atoms with E-state index in [1.807, 2.05) is 30.0 Å². The summed E-state index contributed by atoms with van der Waals surface area (Å²) >= 11 is 1.44. The molecule has 0 aromatic carbocycles. The molecular weight excluding hydrogens is 310 g/mol. The minimum atomic E-state index is -0.519. The zero-order valence-corrected chi connectivity index (χ0v) is 13.4. The average molecular weight is 325 g/mol. The van der Waals surface area contributed by atoms with Crippen LogP contribution in [0, 0.1) is 18.3 Å². The first-order chi connectivity index (χ1) is 11.0. The molecule has 0 spiro atoms. The summed E-state index contributed by atoms with van der Waals surface area (Å²) in [5.74, 6) is -0.143. The molecule has 23 heavy (non-hydrogen) atoms. The predicted molar refractivity (Wildman–Crippen MR) is 90.5 cm³/mol. The molecule has 0 unspecified atom stereocenters. The van der Waals surface area contributed by atoms with Gasteiger partial charge in [-0.15, -0.1) is 11.3 Å². The lowest BCUT2D eigenvalue weighted by molar-refractivity contribution is 0.100. The number of hydrogen-bond donors (Lipinski definition) is 2. The van der Waals surface area contributed by atoms with Crippen molar-refractivity contribution >= 4 is 33.1 Å². The summed E-state index contributed by atoms with van der Waals surface area (Å²) in [7, 11) is 0. The third-order valence-electron chi connectivity index (χ3n) is 3.73. The van der Waals surface area contributed by atoms with Crippen molar-refractivity contribution in [3.63, 3.8) is 0 Å². The van der Waals surface area contributed by atoms with Crippen molar-refractivity contribution in [3.8, 4) is 11.1 Å². The number of carbonyl (C=O) groups excluding carboxylic acids is 1. The SMILES string of the molecule is Cc1cn(-c2cc3c(N)ncc(C(N)=O)c3s2)cc1CCC#N. The smallest absolute Gasteiger partial charge is 0.251 e. The number of amides is 1. The summed E-state index contributed by atoms with van der Waals surface area (Å²) in [6.45, 7) is 2.02. The van der Waals surface area contributed by atoms with Crippen LogP contribution in [0.1, 0.15) is 27.9 Å². The molecule has 0 aliphatic heterocycles. The molecule has 0 saturated carbocycles. The second kappa shape index (κ2) is 5.74. The van der Waals surface area contributed by atoms with Gasteiger partial charge in [-0.2, -0.15) is 5.26 Å². The van der Waals surface area contributed by atoms with E-state index in [1.54, 1.807) is 0 Å². The predicted octanol–water partition coefficient (Wildman–Crippen LogP) is 2.53. The maximum atomic E-state index is 11.6. The van der Waals surface area contributed by atoms with Crippen LogP contribution >= 0.6 is 11.3 Å². The van der Waals surface area contributed by atoms with E-state index in [9.17, 15) is 4.79 Å². The van der Waals surface area contributed by atoms with Crippen LogP contribution in [-0.4, -0.2) is 15.5 Å². The summed E-state index contributed by atoms with van der Waals surface area (Å²) in [6.07, 6.45) is 6.63. The van der Waals surface area contributed by atoms with Gasteiger partial charge in [-0.3, -0.25) is 4.79 Å². The third-order valence-corrected chi connectivity index (χ3v) is 4.91. The van der Waals surface area contributed by atoms with E-state index < -0.39 is 5.91 Å². The topological polar surface area (TPSA) is 111 Å². The number of anilines is 1. The van der Waals surface area contributed by atoms with Gasteiger partial charge in [0.05, 0.1) is 16.3 Å². The fraction of sp³-hybridized carbons (Fsp3) is 0.188. The van der Waals surface area contributed by atoms with E-state index in [0.29, 0.717) is 17.8 Å². The van der Waals surface area contributed by atoms with Crippen molar-refractivity contribution < 1.29 is 4.79 Å². The zero-order chi connectivity index (χ0) is 16.6. The fourth-order valence-electron chi connectivity index (χ4n) is 2.51. The maximum absolute atomic E-state index is 11.6. The van der Waals surface area contributed by atoms with E-state index in [1.165, 1.54) is 17.5 Å². The quantitative estimate of drug-likeness (QED) is 0.767. The molecule has 7 heteroatoms. The highest BCUT2D eigenvalue weighted by atomic mass is 32.1. The Morgan fingerprint density at radius 2 is 2.26 bits per heavy atom. The lowest BCUT2D eigenvalue weighted by Crippen LogP contribution is -2.11. The molecule has 0 fully saturated rings. The first kappa shape index (κ1) is 15.1. The van der Waals surface area contributed by atoms with Gasteiger partial charge in [0.1, 0.15) is 10.8 Å². The Morgan fingerprint density at radius 1 is 1.48 bits per heavy atom. The Hall–Kier alpha value is -2.85. The first-order valence-electron chi connectivity index (χ1n) is 7.04. The molecule has 4 N–H and O–H groups in total. The number of nitrogens with zero attached hydrogens (tertiary/aromatic N) is 3. The van der Waals surface area contributed by atoms with Gasteiger partial charge >= 0.3 is 0 Å². The molecule has 0 aliphatic rings. The lowest BCUT2D eigenvalue weighted by atomic mass is 10.1. The third kappa shape index (κ3) is 2.64. The Balaban J connectivity index is 2.11. The molecule has 0 aliphatic carbocycles. The lowest BCUT2D eigenvalue weighted by Gasteiger charge is -1.98. The van der Waals surface area contributed by atoms with Gasteiger partial charge in [0.15, 0.2) is 0 Å². The fourth-order valence-corrected chi connectivity index (χ4v) is 3.64. The van der Waals surface area contributed by atoms with Crippen LogP contribution in [0.5, 0.6) is 0 Å². The molecule has 0 saturated heterocycles. The number of fused-ring (bicyclic) bond motifs is 1. The molecule has 0 radical (unpaired) electrons. The number of nitrogen functional groups attached to an aromatic ring is 1. The average Bonchev–Trinajstić information content (AvgIpc) is 3.09. The number of aromatic nitrogens is 2. The van der Waals surface area contributed by atoms with Crippen LogP contribution in [0.3, 0.4) is 0 Å². The standard InChI is InChI=1S/C16H15N5OS/c1-9-7-21(8-10(9)3-2-4-17)13-5-11-14(23-13)12(16(19)22)6-20-15(11)18/h5-8H,2-3H2,1H3,(H2,18,20)(H2,19,22). The van der Waals surface area contributed by atoms with Crippen molar-refractivity contribution in [3.05, 3.63) is 41.3 Å². The van der Waals surface area contributed by atoms with Gasteiger partial charge < -0.3 is 16.0 Å². The summed E-state index contributed by atoms with van der Waals surface area (Å²) in [5.41, 5.74) is 14.0. The van der Waals surface area contributed by atoms with E-state index in [2.05, 4.69) is 11.1 Å². The number of primary amides is 1. The van der Waals surface area contributed by atoms with Crippen molar-refractivity contribution in [2.45, 2.75) is 19.8 Å². The Morgan fingerprint density at radius 3 is 2.96 bits per heavy atom. The van der Waals surface area contributed by atoms with Gasteiger partial charge in [0.25, 0.3) is 5.91 Å². The molecule has 1 amide bonds. The Kier molecular flexibility index (Phi) is 3.76. The number of thiophene rings is 1. The summed E-state index contributed by atoms with van der Waals surface area (Å²) < 4.78 is 2.72. The highest BCUT2D eigenvalue weighted by Gasteiger charge is 2.15. The van der Waals surface area contributed by atoms with E-state index in [0.717, 1.165) is 32.6 Å².